The Labute approximate surface area is 765 Å². The monoisotopic (exact) mass is 1830 g/mol. The third kappa shape index (κ3) is 103. The Hall–Kier alpha value is -8.40. The summed E-state index contributed by atoms with van der Waals surface area (Å²) in [7, 11) is 13.9. The number of carbonyl (C=O) groups is 13. The van der Waals surface area contributed by atoms with E-state index in [0.29, 0.717) is 81.0 Å². The van der Waals surface area contributed by atoms with E-state index in [2.05, 4.69) is 43.5 Å². The number of likely N-dealkylation sites (N-methyl/N-ethyl adjacent to an activating group) is 1. The van der Waals surface area contributed by atoms with E-state index in [1.807, 2.05) is 93.4 Å². The molecule has 0 spiro atoms. The molecule has 8 N–H and O–H groups in total. The molecule has 4 amide bonds. The Morgan fingerprint density at radius 1 is 0.408 bits per heavy atom. The van der Waals surface area contributed by atoms with Gasteiger partial charge in [0, 0.05) is 133 Å². The molecule has 1 atom stereocenters. The van der Waals surface area contributed by atoms with E-state index in [1.54, 1.807) is 81.4 Å². The number of thioether (sulfide) groups is 1. The largest absolute Gasteiger partial charge is 0.481 e. The highest BCUT2D eigenvalue weighted by molar-refractivity contribution is 7.99. The van der Waals surface area contributed by atoms with Crippen LogP contribution >= 0.6 is 11.8 Å². The molecule has 0 fully saturated rings. The Morgan fingerprint density at radius 2 is 0.768 bits per heavy atom. The lowest BCUT2D eigenvalue weighted by Gasteiger charge is -2.21. The lowest BCUT2D eigenvalue weighted by Crippen LogP contribution is -2.39. The van der Waals surface area contributed by atoms with Gasteiger partial charge in [0.25, 0.3) is 0 Å². The molecule has 0 aromatic heterocycles. The van der Waals surface area contributed by atoms with Gasteiger partial charge in [0.05, 0.1) is 42.6 Å². The van der Waals surface area contributed by atoms with Crippen LogP contribution in [0.15, 0.2) is 61.4 Å². The molecule has 0 heterocycles. The number of nitrogens with one attached hydrogen (secondary N) is 2. The van der Waals surface area contributed by atoms with Gasteiger partial charge in [-0.1, -0.05) is 155 Å². The number of aliphatic hydroxyl groups excluding tert-OH is 3. The van der Waals surface area contributed by atoms with Crippen LogP contribution in [-0.4, -0.2) is 272 Å². The molecule has 0 rings (SSSR count). The summed E-state index contributed by atoms with van der Waals surface area (Å²) in [5.41, 5.74) is 1.91. The van der Waals surface area contributed by atoms with E-state index in [4.69, 9.17) is 54.0 Å². The maximum absolute atomic E-state index is 11.8. The van der Waals surface area contributed by atoms with E-state index in [0.717, 1.165) is 55.7 Å². The van der Waals surface area contributed by atoms with E-state index < -0.39 is 52.2 Å². The fourth-order valence-electron chi connectivity index (χ4n) is 6.63. The highest BCUT2D eigenvalue weighted by Gasteiger charge is 2.31. The van der Waals surface area contributed by atoms with Gasteiger partial charge in [0.2, 0.25) is 23.6 Å². The average molecular weight is 1830 g/mol. The van der Waals surface area contributed by atoms with Crippen LogP contribution in [0.4, 0.5) is 0 Å². The lowest BCUT2D eigenvalue weighted by atomic mass is 9.89. The number of carboxylic acid groups (broad SMARTS) is 3. The van der Waals surface area contributed by atoms with E-state index >= 15 is 0 Å². The van der Waals surface area contributed by atoms with Crippen molar-refractivity contribution in [2.45, 2.75) is 307 Å². The van der Waals surface area contributed by atoms with Crippen LogP contribution in [0.2, 0.25) is 0 Å². The fraction of sp³-hybridized carbons (Fsp3) is 0.750. The van der Waals surface area contributed by atoms with Crippen LogP contribution < -0.4 is 10.6 Å². The SMILES string of the molecule is C.C.C.C.C.C.C.C.C.C.C=C(C)N(C)C(=O)CCC(=O)O.C=C(C)N(C)C(=O)CCCC(=O)O.C=C(C)N(C)C(=O)CCCCCO.C=C(C)N(C)CCC(=O)OCCOC(=O)CCCCCO.C=C(C)NC.CCC(C)(C)C(=O)NCC(=O)O.CCC(C)(C)C(=O)OCC(O)COC(=O)CCSCC(C)(C)C(=O)OC.CCC(C)(C)C(=O)OCCN(C)C. The molecule has 0 aliphatic heterocycles. The Kier molecular flexibility index (Phi) is 121. The van der Waals surface area contributed by atoms with Crippen molar-refractivity contribution in [2.24, 2.45) is 21.7 Å². The van der Waals surface area contributed by atoms with E-state index in [9.17, 15) is 67.4 Å². The Morgan fingerprint density at radius 3 is 1.11 bits per heavy atom. The molecule has 0 aliphatic rings. The molecular weight excluding hydrogens is 1640 g/mol. The summed E-state index contributed by atoms with van der Waals surface area (Å²) >= 11 is 1.45. The van der Waals surface area contributed by atoms with Crippen LogP contribution in [0, 0.1) is 21.7 Å². The van der Waals surface area contributed by atoms with Crippen LogP contribution in [0.5, 0.6) is 0 Å². The normalized spacial score (nSPS) is 9.82. The van der Waals surface area contributed by atoms with Crippen molar-refractivity contribution in [3.8, 4) is 0 Å². The number of carbonyl (C=O) groups excluding carboxylic acids is 10. The molecule has 0 aromatic rings. The molecule has 32 nitrogen and oxygen atoms in total. The summed E-state index contributed by atoms with van der Waals surface area (Å²) < 4.78 is 29.7. The second-order valence-corrected chi connectivity index (χ2v) is 30.6. The van der Waals surface area contributed by atoms with Gasteiger partial charge in [-0.25, -0.2) is 0 Å². The molecule has 0 radical (unpaired) electrons. The van der Waals surface area contributed by atoms with Gasteiger partial charge in [-0.2, -0.15) is 11.8 Å². The van der Waals surface area contributed by atoms with Gasteiger partial charge in [-0.3, -0.25) is 62.3 Å². The third-order valence-corrected chi connectivity index (χ3v) is 18.1. The zero-order chi connectivity index (χ0) is 91.4. The summed E-state index contributed by atoms with van der Waals surface area (Å²) in [6, 6.07) is 0. The molecule has 125 heavy (non-hydrogen) atoms. The van der Waals surface area contributed by atoms with Gasteiger partial charge in [0.15, 0.2) is 0 Å². The minimum absolute atomic E-state index is 0. The summed E-state index contributed by atoms with van der Waals surface area (Å²) in [6.07, 6.45) is 7.71. The van der Waals surface area contributed by atoms with Gasteiger partial charge >= 0.3 is 53.7 Å². The minimum atomic E-state index is -1.05. The minimum Gasteiger partial charge on any atom is -0.481 e. The number of ether oxygens (including phenoxy) is 6. The van der Waals surface area contributed by atoms with Gasteiger partial charge in [-0.05, 0) is 147 Å². The summed E-state index contributed by atoms with van der Waals surface area (Å²) in [5, 5.41) is 56.9. The number of allylic oxidation sites excluding steroid dienone is 5. The van der Waals surface area contributed by atoms with Crippen molar-refractivity contribution in [1.82, 2.24) is 35.1 Å². The zero-order valence-electron chi connectivity index (χ0n) is 74.4. The van der Waals surface area contributed by atoms with Gasteiger partial charge in [0.1, 0.15) is 45.7 Å². The zero-order valence-corrected chi connectivity index (χ0v) is 75.2. The van der Waals surface area contributed by atoms with E-state index in [1.165, 1.54) is 28.7 Å². The number of aliphatic hydroxyl groups is 3. The van der Waals surface area contributed by atoms with Gasteiger partial charge < -0.3 is 94.2 Å². The highest BCUT2D eigenvalue weighted by Crippen LogP contribution is 2.25. The standard InChI is InChI=1S/C18H32O7S.C15H27NO5.C10H21NO2.C10H19NO2.C9H15NO3.C8H13NO3.C8H15NO3.C4H9N.10CH4/c1-7-17(2,3)16(22)25-11-13(19)10-24-14(20)8-9-26-12-18(4,5)15(21)23-6;1-13(2)16(3)9-8-15(19)21-12-11-20-14(18)7-5-4-6-10-17;1-6-10(2,3)9(12)13-8-7-11(4)5;1-9(2)11(3)10(13)7-5-4-6-8-12;1-7(2)10(3)8(11)5-4-6-9(12)13;1-6(2)9(3)7(10)4-5-8(11)12;1-4-8(2,3)7(12)9-5-6(10)11;1-4(2)5-3;;;;;;;;;;/h13,19H,7-12H2,1-6H3;17H,1,4-12H2,2-3H3;6-8H2,1-5H3;12H,1,4-8H2,2-3H3;1,4-6H2,2-3H3,(H,12,13);1,4-5H2,2-3H3,(H,11,12);4-5H2,1-3H3,(H,9,12)(H,10,11);5H,1H2,2-3H3;10*1H4. The van der Waals surface area contributed by atoms with Gasteiger partial charge in [-0.15, -0.1) is 0 Å². The smallest absolute Gasteiger partial charge is 0.322 e. The number of hydrogen-bond acceptors (Lipinski definition) is 26. The second kappa shape index (κ2) is 94.7. The number of unbranched alkanes of at least 4 members (excludes halogenated alkanes) is 4. The number of aliphatic carboxylic acids is 3. The quantitative estimate of drug-likeness (QED) is 0.0159. The number of esters is 6. The van der Waals surface area contributed by atoms with Crippen molar-refractivity contribution in [2.75, 3.05) is 134 Å². The van der Waals surface area contributed by atoms with Crippen molar-refractivity contribution >= 4 is 89.1 Å². The van der Waals surface area contributed by atoms with Crippen LogP contribution in [-0.2, 0) is 90.8 Å². The van der Waals surface area contributed by atoms with E-state index in [-0.39, 0.29) is 212 Å². The summed E-state index contributed by atoms with van der Waals surface area (Å²) in [6.45, 7) is 49.0. The summed E-state index contributed by atoms with van der Waals surface area (Å²) in [4.78, 5) is 153. The molecule has 0 saturated heterocycles. The highest BCUT2D eigenvalue weighted by atomic mass is 32.2. The Bertz CT molecular complexity index is 2900. The molecule has 33 heteroatoms. The molecule has 0 saturated carbocycles. The molecule has 0 bridgehead atoms. The number of hydrogen-bond donors (Lipinski definition) is 8. The predicted molar refractivity (Wildman–Crippen MR) is 515 cm³/mol. The number of carboxylic acids is 3. The second-order valence-electron chi connectivity index (χ2n) is 29.5. The molecule has 750 valence electrons. The number of amides is 4. The van der Waals surface area contributed by atoms with Crippen LogP contribution in [0.3, 0.4) is 0 Å². The molecule has 0 aromatic carbocycles. The summed E-state index contributed by atoms with van der Waals surface area (Å²) in [5.74, 6) is -4.10. The van der Waals surface area contributed by atoms with Crippen molar-refractivity contribution in [1.29, 1.82) is 0 Å². The number of nitrogens with zero attached hydrogens (tertiary/aromatic N) is 5. The van der Waals surface area contributed by atoms with Crippen molar-refractivity contribution < 1.29 is 121 Å². The predicted octanol–water partition coefficient (Wildman–Crippen LogP) is 16.5. The Balaban J connectivity index is -0.0000000665. The fourth-order valence-corrected chi connectivity index (χ4v) is 7.71. The molecule has 1 unspecified atom stereocenters. The molecular formula is C92H191N7O25S. The van der Waals surface area contributed by atoms with Crippen LogP contribution in [0.25, 0.3) is 0 Å². The lowest BCUT2D eigenvalue weighted by molar-refractivity contribution is -0.160. The maximum Gasteiger partial charge on any atom is 0.322 e. The first kappa shape index (κ1) is 160. The number of rotatable bonds is 49. The number of methoxy groups -OCH3 is 1. The molecule has 0 aliphatic carbocycles. The first-order valence-corrected chi connectivity index (χ1v) is 39.6. The maximum atomic E-state index is 11.8. The average Bonchev–Trinajstić information content (AvgIpc) is 0.916. The first-order valence-electron chi connectivity index (χ1n) is 38.4. The van der Waals surface area contributed by atoms with Crippen LogP contribution in [0.1, 0.15) is 301 Å². The third-order valence-electron chi connectivity index (χ3n) is 16.6. The topological polar surface area (TPSA) is 439 Å². The van der Waals surface area contributed by atoms with Crippen molar-refractivity contribution in [3.63, 3.8) is 0 Å². The van der Waals surface area contributed by atoms with Crippen molar-refractivity contribution in [3.05, 3.63) is 61.4 Å². The first-order chi connectivity index (χ1) is 53.0.